The summed E-state index contributed by atoms with van der Waals surface area (Å²) in [6.07, 6.45) is 0. The van der Waals surface area contributed by atoms with Gasteiger partial charge in [-0.05, 0) is 41.5 Å². The van der Waals surface area contributed by atoms with Crippen molar-refractivity contribution in [2.24, 2.45) is 5.73 Å². The SMILES string of the molecule is NCc1c(-c2ccc(F)cc2)[nH]c2ccccc12. The Bertz CT molecular complexity index is 683. The standard InChI is InChI=1S/C15H13FN2/c16-11-7-5-10(6-8-11)15-13(9-17)12-3-1-2-4-14(12)18-15/h1-8,18H,9,17H2. The lowest BCUT2D eigenvalue weighted by Crippen LogP contribution is -1.97. The van der Waals surface area contributed by atoms with Gasteiger partial charge in [0.1, 0.15) is 5.82 Å². The first kappa shape index (κ1) is 11.0. The van der Waals surface area contributed by atoms with E-state index >= 15 is 0 Å². The number of aromatic amines is 1. The van der Waals surface area contributed by atoms with E-state index in [0.29, 0.717) is 6.54 Å². The summed E-state index contributed by atoms with van der Waals surface area (Å²) in [5.41, 5.74) is 9.88. The van der Waals surface area contributed by atoms with Gasteiger partial charge in [-0.1, -0.05) is 18.2 Å². The molecule has 0 aliphatic carbocycles. The van der Waals surface area contributed by atoms with Crippen molar-refractivity contribution in [3.05, 3.63) is 59.9 Å². The maximum atomic E-state index is 13.0. The Balaban J connectivity index is 2.25. The van der Waals surface area contributed by atoms with Crippen LogP contribution in [0.3, 0.4) is 0 Å². The molecule has 3 rings (SSSR count). The maximum absolute atomic E-state index is 13.0. The summed E-state index contributed by atoms with van der Waals surface area (Å²) >= 11 is 0. The molecule has 2 aromatic carbocycles. The number of hydrogen-bond donors (Lipinski definition) is 2. The van der Waals surface area contributed by atoms with Gasteiger partial charge in [0.25, 0.3) is 0 Å². The van der Waals surface area contributed by atoms with Crippen LogP contribution in [0.25, 0.3) is 22.2 Å². The van der Waals surface area contributed by atoms with Crippen LogP contribution in [0.1, 0.15) is 5.56 Å². The lowest BCUT2D eigenvalue weighted by Gasteiger charge is -2.02. The van der Waals surface area contributed by atoms with Gasteiger partial charge < -0.3 is 10.7 Å². The van der Waals surface area contributed by atoms with E-state index < -0.39 is 0 Å². The van der Waals surface area contributed by atoms with E-state index in [1.807, 2.05) is 24.3 Å². The Morgan fingerprint density at radius 2 is 1.72 bits per heavy atom. The molecule has 3 heteroatoms. The molecule has 0 aliphatic rings. The molecule has 0 fully saturated rings. The summed E-state index contributed by atoms with van der Waals surface area (Å²) in [4.78, 5) is 3.35. The molecule has 2 nitrogen and oxygen atoms in total. The minimum atomic E-state index is -0.232. The number of benzene rings is 2. The number of para-hydroxylation sites is 1. The molecule has 3 aromatic rings. The molecule has 1 aromatic heterocycles. The first-order valence-electron chi connectivity index (χ1n) is 5.85. The Labute approximate surface area is 104 Å². The third kappa shape index (κ3) is 1.69. The predicted molar refractivity (Wildman–Crippen MR) is 71.6 cm³/mol. The summed E-state index contributed by atoms with van der Waals surface area (Å²) < 4.78 is 13.0. The van der Waals surface area contributed by atoms with Crippen molar-refractivity contribution in [3.8, 4) is 11.3 Å². The molecular weight excluding hydrogens is 227 g/mol. The zero-order valence-corrected chi connectivity index (χ0v) is 9.78. The van der Waals surface area contributed by atoms with Crippen LogP contribution in [0.4, 0.5) is 4.39 Å². The minimum absolute atomic E-state index is 0.232. The molecule has 0 aliphatic heterocycles. The molecule has 0 spiro atoms. The number of H-pyrrole nitrogens is 1. The lowest BCUT2D eigenvalue weighted by molar-refractivity contribution is 0.628. The van der Waals surface area contributed by atoms with Crippen molar-refractivity contribution in [2.75, 3.05) is 0 Å². The van der Waals surface area contributed by atoms with E-state index in [9.17, 15) is 4.39 Å². The average Bonchev–Trinajstić information content (AvgIpc) is 2.78. The molecule has 1 heterocycles. The molecule has 0 radical (unpaired) electrons. The van der Waals surface area contributed by atoms with E-state index in [4.69, 9.17) is 5.73 Å². The predicted octanol–water partition coefficient (Wildman–Crippen LogP) is 3.43. The number of nitrogens with two attached hydrogens (primary N) is 1. The van der Waals surface area contributed by atoms with Crippen molar-refractivity contribution < 1.29 is 4.39 Å². The Morgan fingerprint density at radius 3 is 2.44 bits per heavy atom. The van der Waals surface area contributed by atoms with Gasteiger partial charge in [-0.15, -0.1) is 0 Å². The van der Waals surface area contributed by atoms with Gasteiger partial charge in [-0.2, -0.15) is 0 Å². The summed E-state index contributed by atoms with van der Waals surface area (Å²) in [6, 6.07) is 14.5. The highest BCUT2D eigenvalue weighted by atomic mass is 19.1. The van der Waals surface area contributed by atoms with E-state index in [1.54, 1.807) is 12.1 Å². The van der Waals surface area contributed by atoms with Gasteiger partial charge in [0.2, 0.25) is 0 Å². The maximum Gasteiger partial charge on any atom is 0.123 e. The molecule has 3 N–H and O–H groups in total. The second-order valence-electron chi connectivity index (χ2n) is 4.24. The Kier molecular flexibility index (Phi) is 2.61. The first-order chi connectivity index (χ1) is 8.79. The van der Waals surface area contributed by atoms with E-state index in [-0.39, 0.29) is 5.82 Å². The van der Waals surface area contributed by atoms with E-state index in [2.05, 4.69) is 4.98 Å². The summed E-state index contributed by atoms with van der Waals surface area (Å²) in [7, 11) is 0. The Morgan fingerprint density at radius 1 is 1.00 bits per heavy atom. The third-order valence-corrected chi connectivity index (χ3v) is 3.15. The number of halogens is 1. The smallest absolute Gasteiger partial charge is 0.123 e. The van der Waals surface area contributed by atoms with Crippen LogP contribution in [0.15, 0.2) is 48.5 Å². The van der Waals surface area contributed by atoms with Crippen LogP contribution in [0.2, 0.25) is 0 Å². The molecule has 0 saturated heterocycles. The largest absolute Gasteiger partial charge is 0.354 e. The molecule has 18 heavy (non-hydrogen) atoms. The number of hydrogen-bond acceptors (Lipinski definition) is 1. The van der Waals surface area contributed by atoms with Crippen LogP contribution < -0.4 is 5.73 Å². The summed E-state index contributed by atoms with van der Waals surface area (Å²) in [6.45, 7) is 0.455. The minimum Gasteiger partial charge on any atom is -0.354 e. The van der Waals surface area contributed by atoms with Gasteiger partial charge in [0, 0.05) is 17.4 Å². The third-order valence-electron chi connectivity index (χ3n) is 3.15. The fourth-order valence-electron chi connectivity index (χ4n) is 2.28. The highest BCUT2D eigenvalue weighted by molar-refractivity contribution is 5.90. The average molecular weight is 240 g/mol. The fraction of sp³-hybridized carbons (Fsp3) is 0.0667. The highest BCUT2D eigenvalue weighted by Gasteiger charge is 2.11. The second kappa shape index (κ2) is 4.27. The van der Waals surface area contributed by atoms with Gasteiger partial charge in [-0.25, -0.2) is 4.39 Å². The van der Waals surface area contributed by atoms with E-state index in [0.717, 1.165) is 27.7 Å². The zero-order chi connectivity index (χ0) is 12.5. The molecule has 0 unspecified atom stereocenters. The van der Waals surface area contributed by atoms with Crippen molar-refractivity contribution >= 4 is 10.9 Å². The van der Waals surface area contributed by atoms with Crippen LogP contribution in [-0.2, 0) is 6.54 Å². The molecular formula is C15H13FN2. The lowest BCUT2D eigenvalue weighted by atomic mass is 10.1. The molecule has 0 bridgehead atoms. The molecule has 0 saturated carbocycles. The van der Waals surface area contributed by atoms with Crippen molar-refractivity contribution in [3.63, 3.8) is 0 Å². The van der Waals surface area contributed by atoms with Gasteiger partial charge in [0.15, 0.2) is 0 Å². The van der Waals surface area contributed by atoms with Crippen LogP contribution in [-0.4, -0.2) is 4.98 Å². The monoisotopic (exact) mass is 240 g/mol. The van der Waals surface area contributed by atoms with Gasteiger partial charge in [0.05, 0.1) is 5.69 Å². The highest BCUT2D eigenvalue weighted by Crippen LogP contribution is 2.29. The number of nitrogens with one attached hydrogen (secondary N) is 1. The number of rotatable bonds is 2. The van der Waals surface area contributed by atoms with Crippen LogP contribution in [0, 0.1) is 5.82 Å². The van der Waals surface area contributed by atoms with E-state index in [1.165, 1.54) is 12.1 Å². The quantitative estimate of drug-likeness (QED) is 0.708. The van der Waals surface area contributed by atoms with Crippen molar-refractivity contribution in [1.29, 1.82) is 0 Å². The molecule has 0 atom stereocenters. The first-order valence-corrected chi connectivity index (χ1v) is 5.85. The number of aromatic nitrogens is 1. The second-order valence-corrected chi connectivity index (χ2v) is 4.24. The Hall–Kier alpha value is -2.13. The topological polar surface area (TPSA) is 41.8 Å². The zero-order valence-electron chi connectivity index (χ0n) is 9.78. The molecule has 0 amide bonds. The van der Waals surface area contributed by atoms with Crippen molar-refractivity contribution in [1.82, 2.24) is 4.98 Å². The van der Waals surface area contributed by atoms with Crippen LogP contribution in [0.5, 0.6) is 0 Å². The fourth-order valence-corrected chi connectivity index (χ4v) is 2.28. The summed E-state index contributed by atoms with van der Waals surface area (Å²) in [5.74, 6) is -0.232. The summed E-state index contributed by atoms with van der Waals surface area (Å²) in [5, 5.41) is 1.12. The van der Waals surface area contributed by atoms with Gasteiger partial charge in [-0.3, -0.25) is 0 Å². The molecule has 90 valence electrons. The number of fused-ring (bicyclic) bond motifs is 1. The normalized spacial score (nSPS) is 11.0. The van der Waals surface area contributed by atoms with Gasteiger partial charge >= 0.3 is 0 Å². The van der Waals surface area contributed by atoms with Crippen molar-refractivity contribution in [2.45, 2.75) is 6.54 Å². The van der Waals surface area contributed by atoms with Crippen LogP contribution >= 0.6 is 0 Å².